The molecule has 0 saturated heterocycles. The zero-order valence-electron chi connectivity index (χ0n) is 22.6. The number of para-hydroxylation sites is 1. The van der Waals surface area contributed by atoms with Gasteiger partial charge in [0.1, 0.15) is 0 Å². The summed E-state index contributed by atoms with van der Waals surface area (Å²) in [5, 5.41) is 13.2. The number of thiophene rings is 1. The molecule has 0 amide bonds. The third kappa shape index (κ3) is 2.97. The zero-order chi connectivity index (χ0) is 27.4. The fourth-order valence-electron chi connectivity index (χ4n) is 7.24. The molecule has 1 nitrogen and oxygen atoms in total. The minimum absolute atomic E-state index is 1.18. The minimum Gasteiger partial charge on any atom is -0.309 e. The van der Waals surface area contributed by atoms with Crippen molar-refractivity contribution in [3.8, 4) is 16.8 Å². The highest BCUT2D eigenvalue weighted by Crippen LogP contribution is 2.42. The lowest BCUT2D eigenvalue weighted by molar-refractivity contribution is 1.18. The maximum absolute atomic E-state index is 2.43. The molecule has 0 aliphatic carbocycles. The molecule has 10 aromatic rings. The van der Waals surface area contributed by atoms with Crippen LogP contribution < -0.4 is 0 Å². The standard InChI is InChI=1S/C40H23NS/c1-3-10-35-30(8-1)33-22-34-31-9-2-4-11-37(31)42-38(34)23-36(33)41(35)28-18-14-24(15-19-28)29-20-16-27-13-12-25-6-5-7-26-17-21-32(29)40(27)39(25)26/h1-23H. The van der Waals surface area contributed by atoms with Gasteiger partial charge in [0.15, 0.2) is 0 Å². The molecule has 2 heteroatoms. The van der Waals surface area contributed by atoms with Gasteiger partial charge in [-0.15, -0.1) is 11.3 Å². The average Bonchev–Trinajstić information content (AvgIpc) is 3.57. The van der Waals surface area contributed by atoms with Crippen LogP contribution in [0, 0.1) is 0 Å². The van der Waals surface area contributed by atoms with Gasteiger partial charge in [0.05, 0.1) is 11.0 Å². The maximum Gasteiger partial charge on any atom is 0.0555 e. The molecule has 0 atom stereocenters. The first kappa shape index (κ1) is 22.5. The molecule has 0 bridgehead atoms. The third-order valence-corrected chi connectivity index (χ3v) is 10.3. The largest absolute Gasteiger partial charge is 0.309 e. The van der Waals surface area contributed by atoms with Gasteiger partial charge < -0.3 is 4.57 Å². The van der Waals surface area contributed by atoms with Crippen molar-refractivity contribution < 1.29 is 0 Å². The molecule has 0 aliphatic heterocycles. The topological polar surface area (TPSA) is 4.93 Å². The van der Waals surface area contributed by atoms with Crippen molar-refractivity contribution >= 4 is 85.6 Å². The van der Waals surface area contributed by atoms with Gasteiger partial charge in [-0.3, -0.25) is 0 Å². The van der Waals surface area contributed by atoms with Crippen molar-refractivity contribution in [1.82, 2.24) is 4.57 Å². The molecule has 0 fully saturated rings. The van der Waals surface area contributed by atoms with Crippen LogP contribution in [0.2, 0.25) is 0 Å². The lowest BCUT2D eigenvalue weighted by atomic mass is 9.90. The van der Waals surface area contributed by atoms with Crippen LogP contribution in [-0.4, -0.2) is 4.57 Å². The van der Waals surface area contributed by atoms with Crippen molar-refractivity contribution in [2.45, 2.75) is 0 Å². The Balaban J connectivity index is 1.19. The highest BCUT2D eigenvalue weighted by atomic mass is 32.1. The van der Waals surface area contributed by atoms with E-state index in [2.05, 4.69) is 144 Å². The SMILES string of the molecule is c1cc2ccc3ccc(-c4ccc(-n5c6ccccc6c6cc7c(cc65)sc5ccccc57)cc4)c4ccc(c1)c2c34. The van der Waals surface area contributed by atoms with Crippen LogP contribution >= 0.6 is 11.3 Å². The van der Waals surface area contributed by atoms with Crippen molar-refractivity contribution in [3.63, 3.8) is 0 Å². The summed E-state index contributed by atoms with van der Waals surface area (Å²) in [5.74, 6) is 0. The van der Waals surface area contributed by atoms with E-state index in [1.165, 1.54) is 91.1 Å². The summed E-state index contributed by atoms with van der Waals surface area (Å²) in [6.07, 6.45) is 0. The molecule has 8 aromatic carbocycles. The van der Waals surface area contributed by atoms with Gasteiger partial charge in [0.25, 0.3) is 0 Å². The normalized spacial score (nSPS) is 12.3. The summed E-state index contributed by atoms with van der Waals surface area (Å²) < 4.78 is 5.11. The Morgan fingerprint density at radius 2 is 1.12 bits per heavy atom. The molecule has 42 heavy (non-hydrogen) atoms. The number of benzene rings is 8. The fourth-order valence-corrected chi connectivity index (χ4v) is 8.36. The lowest BCUT2D eigenvalue weighted by Gasteiger charge is -2.15. The van der Waals surface area contributed by atoms with E-state index in [1.807, 2.05) is 11.3 Å². The number of hydrogen-bond donors (Lipinski definition) is 0. The molecule has 10 rings (SSSR count). The number of aromatic nitrogens is 1. The summed E-state index contributed by atoms with van der Waals surface area (Å²) in [6, 6.07) is 51.8. The Bertz CT molecular complexity index is 2650. The van der Waals surface area contributed by atoms with Crippen LogP contribution in [0.25, 0.3) is 91.1 Å². The van der Waals surface area contributed by atoms with Crippen LogP contribution in [0.5, 0.6) is 0 Å². The third-order valence-electron chi connectivity index (χ3n) is 9.14. The van der Waals surface area contributed by atoms with Gasteiger partial charge in [-0.05, 0) is 79.8 Å². The van der Waals surface area contributed by atoms with Crippen molar-refractivity contribution in [2.24, 2.45) is 0 Å². The van der Waals surface area contributed by atoms with Crippen LogP contribution in [-0.2, 0) is 0 Å². The van der Waals surface area contributed by atoms with E-state index in [1.54, 1.807) is 0 Å². The number of fused-ring (bicyclic) bond motifs is 6. The highest BCUT2D eigenvalue weighted by molar-refractivity contribution is 7.25. The van der Waals surface area contributed by atoms with Gasteiger partial charge in [0, 0.05) is 36.6 Å². The number of hydrogen-bond acceptors (Lipinski definition) is 1. The molecular formula is C40H23NS. The second-order valence-electron chi connectivity index (χ2n) is 11.3. The van der Waals surface area contributed by atoms with Gasteiger partial charge in [-0.2, -0.15) is 0 Å². The van der Waals surface area contributed by atoms with Crippen LogP contribution in [0.4, 0.5) is 0 Å². The zero-order valence-corrected chi connectivity index (χ0v) is 23.5. The molecule has 194 valence electrons. The smallest absolute Gasteiger partial charge is 0.0555 e. The summed E-state index contributed by atoms with van der Waals surface area (Å²) in [5.41, 5.74) is 6.20. The molecule has 0 radical (unpaired) electrons. The van der Waals surface area contributed by atoms with Crippen molar-refractivity contribution in [3.05, 3.63) is 140 Å². The monoisotopic (exact) mass is 549 g/mol. The molecule has 0 spiro atoms. The Morgan fingerprint density at radius 1 is 0.405 bits per heavy atom. The highest BCUT2D eigenvalue weighted by Gasteiger charge is 2.16. The summed E-state index contributed by atoms with van der Waals surface area (Å²) in [7, 11) is 0. The second kappa shape index (κ2) is 8.19. The maximum atomic E-state index is 2.43. The van der Waals surface area contributed by atoms with E-state index in [0.29, 0.717) is 0 Å². The van der Waals surface area contributed by atoms with Gasteiger partial charge in [0.2, 0.25) is 0 Å². The van der Waals surface area contributed by atoms with Crippen LogP contribution in [0.15, 0.2) is 140 Å². The molecule has 0 N–H and O–H groups in total. The Morgan fingerprint density at radius 3 is 1.98 bits per heavy atom. The van der Waals surface area contributed by atoms with Gasteiger partial charge in [-0.25, -0.2) is 0 Å². The predicted molar refractivity (Wildman–Crippen MR) is 183 cm³/mol. The van der Waals surface area contributed by atoms with Crippen LogP contribution in [0.1, 0.15) is 0 Å². The molecule has 0 saturated carbocycles. The van der Waals surface area contributed by atoms with E-state index in [9.17, 15) is 0 Å². The second-order valence-corrected chi connectivity index (χ2v) is 12.4. The molecule has 0 unspecified atom stereocenters. The molecule has 0 aliphatic rings. The molecule has 2 aromatic heterocycles. The van der Waals surface area contributed by atoms with E-state index < -0.39 is 0 Å². The lowest BCUT2D eigenvalue weighted by Crippen LogP contribution is -1.94. The Labute approximate surface area is 245 Å². The van der Waals surface area contributed by atoms with Gasteiger partial charge >= 0.3 is 0 Å². The minimum atomic E-state index is 1.18. The number of nitrogens with zero attached hydrogens (tertiary/aromatic N) is 1. The predicted octanol–water partition coefficient (Wildman–Crippen LogP) is 11.7. The van der Waals surface area contributed by atoms with Crippen molar-refractivity contribution in [2.75, 3.05) is 0 Å². The van der Waals surface area contributed by atoms with E-state index >= 15 is 0 Å². The van der Waals surface area contributed by atoms with E-state index in [4.69, 9.17) is 0 Å². The quantitative estimate of drug-likeness (QED) is 0.189. The van der Waals surface area contributed by atoms with E-state index in [0.717, 1.165) is 0 Å². The summed E-state index contributed by atoms with van der Waals surface area (Å²) in [4.78, 5) is 0. The summed E-state index contributed by atoms with van der Waals surface area (Å²) in [6.45, 7) is 0. The Kier molecular flexibility index (Phi) is 4.39. The number of rotatable bonds is 2. The summed E-state index contributed by atoms with van der Waals surface area (Å²) >= 11 is 1.88. The van der Waals surface area contributed by atoms with Crippen LogP contribution in [0.3, 0.4) is 0 Å². The van der Waals surface area contributed by atoms with Gasteiger partial charge in [-0.1, -0.05) is 103 Å². The Hall–Kier alpha value is -5.18. The van der Waals surface area contributed by atoms with E-state index in [-0.39, 0.29) is 0 Å². The molecular weight excluding hydrogens is 527 g/mol. The first-order valence-corrected chi connectivity index (χ1v) is 15.3. The van der Waals surface area contributed by atoms with Crippen molar-refractivity contribution in [1.29, 1.82) is 0 Å². The first-order valence-electron chi connectivity index (χ1n) is 14.4. The fraction of sp³-hybridized carbons (Fsp3) is 0. The average molecular weight is 550 g/mol. The molecule has 2 heterocycles. The first-order chi connectivity index (χ1) is 20.8.